The first kappa shape index (κ1) is 11.3. The Hall–Kier alpha value is -2.76. The van der Waals surface area contributed by atoms with Crippen molar-refractivity contribution in [2.45, 2.75) is 0 Å². The van der Waals surface area contributed by atoms with Crippen LogP contribution in [0.15, 0.2) is 48.7 Å². The summed E-state index contributed by atoms with van der Waals surface area (Å²) in [6.07, 6.45) is 1.65. The van der Waals surface area contributed by atoms with E-state index in [0.29, 0.717) is 22.9 Å². The van der Waals surface area contributed by atoms with E-state index in [1.807, 2.05) is 6.07 Å². The SMILES string of the molecule is [18F]c1ccc(-c2nnc(-c3ccccn3)nn2)cc1. The molecule has 1 aromatic carbocycles. The van der Waals surface area contributed by atoms with E-state index in [4.69, 9.17) is 0 Å². The van der Waals surface area contributed by atoms with E-state index in [9.17, 15) is 4.39 Å². The molecule has 0 aliphatic heterocycles. The van der Waals surface area contributed by atoms with Crippen molar-refractivity contribution in [2.75, 3.05) is 0 Å². The molecule has 0 aliphatic carbocycles. The van der Waals surface area contributed by atoms with Crippen LogP contribution in [-0.2, 0) is 0 Å². The molecule has 0 aliphatic rings. The number of hydrogen-bond acceptors (Lipinski definition) is 5. The molecule has 2 heterocycles. The topological polar surface area (TPSA) is 64.5 Å². The van der Waals surface area contributed by atoms with Crippen LogP contribution < -0.4 is 0 Å². The number of rotatable bonds is 2. The van der Waals surface area contributed by atoms with Gasteiger partial charge in [-0.15, -0.1) is 20.4 Å². The van der Waals surface area contributed by atoms with E-state index in [-0.39, 0.29) is 5.82 Å². The Bertz CT molecular complexity index is 668. The first-order valence-corrected chi connectivity index (χ1v) is 5.58. The van der Waals surface area contributed by atoms with Crippen LogP contribution in [0.4, 0.5) is 4.39 Å². The summed E-state index contributed by atoms with van der Waals surface area (Å²) in [7, 11) is 0. The molecule has 0 unspecified atom stereocenters. The molecule has 0 saturated carbocycles. The number of benzene rings is 1. The summed E-state index contributed by atoms with van der Waals surface area (Å²) in [5, 5.41) is 15.9. The van der Waals surface area contributed by atoms with E-state index < -0.39 is 0 Å². The van der Waals surface area contributed by atoms with Gasteiger partial charge in [0, 0.05) is 11.8 Å². The van der Waals surface area contributed by atoms with Crippen molar-refractivity contribution in [3.63, 3.8) is 0 Å². The van der Waals surface area contributed by atoms with E-state index in [0.717, 1.165) is 0 Å². The molecule has 0 N–H and O–H groups in total. The van der Waals surface area contributed by atoms with Crippen LogP contribution in [0.3, 0.4) is 0 Å². The van der Waals surface area contributed by atoms with E-state index in [2.05, 4.69) is 25.4 Å². The van der Waals surface area contributed by atoms with Gasteiger partial charge in [-0.05, 0) is 36.4 Å². The maximum Gasteiger partial charge on any atom is 0.221 e. The third-order valence-electron chi connectivity index (χ3n) is 2.48. The van der Waals surface area contributed by atoms with Gasteiger partial charge >= 0.3 is 0 Å². The zero-order valence-corrected chi connectivity index (χ0v) is 9.73. The molecule has 0 amide bonds. The molecule has 0 radical (unpaired) electrons. The zero-order chi connectivity index (χ0) is 13.1. The smallest absolute Gasteiger partial charge is 0.221 e. The van der Waals surface area contributed by atoms with Crippen molar-refractivity contribution in [1.29, 1.82) is 0 Å². The second-order valence-electron chi connectivity index (χ2n) is 3.77. The maximum absolute atomic E-state index is 12.8. The first-order chi connectivity index (χ1) is 9.33. The van der Waals surface area contributed by atoms with Gasteiger partial charge in [0.1, 0.15) is 11.5 Å². The lowest BCUT2D eigenvalue weighted by Crippen LogP contribution is -2.00. The number of halogens is 1. The van der Waals surface area contributed by atoms with Crippen LogP contribution in [0.25, 0.3) is 22.9 Å². The molecule has 92 valence electrons. The second kappa shape index (κ2) is 4.85. The van der Waals surface area contributed by atoms with Gasteiger partial charge < -0.3 is 0 Å². The van der Waals surface area contributed by atoms with Gasteiger partial charge in [-0.1, -0.05) is 6.07 Å². The minimum Gasteiger partial charge on any atom is -0.253 e. The average molecular weight is 252 g/mol. The highest BCUT2D eigenvalue weighted by Gasteiger charge is 2.06. The summed E-state index contributed by atoms with van der Waals surface area (Å²) in [6, 6.07) is 11.2. The van der Waals surface area contributed by atoms with Crippen LogP contribution >= 0.6 is 0 Å². The summed E-state index contributed by atoms with van der Waals surface area (Å²) in [6.45, 7) is 0. The molecule has 3 aromatic rings. The van der Waals surface area contributed by atoms with Crippen LogP contribution in [0.2, 0.25) is 0 Å². The summed E-state index contributed by atoms with van der Waals surface area (Å²) in [4.78, 5) is 4.11. The highest BCUT2D eigenvalue weighted by molar-refractivity contribution is 5.54. The average Bonchev–Trinajstić information content (AvgIpc) is 2.49. The van der Waals surface area contributed by atoms with Crippen molar-refractivity contribution >= 4 is 0 Å². The normalized spacial score (nSPS) is 10.4. The fraction of sp³-hybridized carbons (Fsp3) is 0. The maximum atomic E-state index is 12.8. The Morgan fingerprint density at radius 3 is 2.05 bits per heavy atom. The minimum absolute atomic E-state index is 0.310. The largest absolute Gasteiger partial charge is 0.253 e. The van der Waals surface area contributed by atoms with Gasteiger partial charge in [0.05, 0.1) is 0 Å². The summed E-state index contributed by atoms with van der Waals surface area (Å²) >= 11 is 0. The van der Waals surface area contributed by atoms with Crippen molar-refractivity contribution in [2.24, 2.45) is 0 Å². The highest BCUT2D eigenvalue weighted by atomic mass is 18.2. The zero-order valence-electron chi connectivity index (χ0n) is 9.73. The predicted molar refractivity (Wildman–Crippen MR) is 66.2 cm³/mol. The lowest BCUT2D eigenvalue weighted by atomic mass is 10.2. The molecule has 3 rings (SSSR count). The van der Waals surface area contributed by atoms with Gasteiger partial charge in [-0.2, -0.15) is 0 Å². The van der Waals surface area contributed by atoms with Crippen LogP contribution in [-0.4, -0.2) is 25.4 Å². The quantitative estimate of drug-likeness (QED) is 0.699. The van der Waals surface area contributed by atoms with Crippen molar-refractivity contribution in [3.05, 3.63) is 54.5 Å². The summed E-state index contributed by atoms with van der Waals surface area (Å²) in [5.74, 6) is 0.390. The van der Waals surface area contributed by atoms with Crippen molar-refractivity contribution in [3.8, 4) is 22.9 Å². The van der Waals surface area contributed by atoms with E-state index >= 15 is 0 Å². The lowest BCUT2D eigenvalue weighted by Gasteiger charge is -1.99. The van der Waals surface area contributed by atoms with Gasteiger partial charge in [-0.3, -0.25) is 4.98 Å². The summed E-state index contributed by atoms with van der Waals surface area (Å²) < 4.78 is 12.8. The Morgan fingerprint density at radius 1 is 0.737 bits per heavy atom. The molecular formula is C13H8FN5. The Labute approximate surface area is 108 Å². The molecule has 0 atom stereocenters. The predicted octanol–water partition coefficient (Wildman–Crippen LogP) is 2.13. The molecule has 0 saturated heterocycles. The molecule has 2 aromatic heterocycles. The molecule has 19 heavy (non-hydrogen) atoms. The van der Waals surface area contributed by atoms with E-state index in [1.54, 1.807) is 30.5 Å². The minimum atomic E-state index is -0.310. The first-order valence-electron chi connectivity index (χ1n) is 5.58. The van der Waals surface area contributed by atoms with Gasteiger partial charge in [0.2, 0.25) is 11.6 Å². The molecule has 6 heteroatoms. The molecule has 5 nitrogen and oxygen atoms in total. The van der Waals surface area contributed by atoms with Crippen molar-refractivity contribution in [1.82, 2.24) is 25.4 Å². The van der Waals surface area contributed by atoms with Gasteiger partial charge in [-0.25, -0.2) is 4.39 Å². The second-order valence-corrected chi connectivity index (χ2v) is 3.77. The standard InChI is InChI=1S/C13H8FN5/c14-10-6-4-9(5-7-10)12-16-18-13(19-17-12)11-3-1-2-8-15-11/h1-8H/i14-1. The lowest BCUT2D eigenvalue weighted by molar-refractivity contribution is 0.628. The van der Waals surface area contributed by atoms with Gasteiger partial charge in [0.25, 0.3) is 0 Å². The Balaban J connectivity index is 1.93. The molecule has 0 bridgehead atoms. The van der Waals surface area contributed by atoms with Gasteiger partial charge in [0.15, 0.2) is 0 Å². The fourth-order valence-electron chi connectivity index (χ4n) is 1.54. The number of pyridine rings is 1. The summed E-state index contributed by atoms with van der Waals surface area (Å²) in [5.41, 5.74) is 1.27. The molecule has 0 fully saturated rings. The number of nitrogens with zero attached hydrogens (tertiary/aromatic N) is 5. The highest BCUT2D eigenvalue weighted by Crippen LogP contribution is 2.14. The van der Waals surface area contributed by atoms with E-state index in [1.165, 1.54) is 12.1 Å². The fourth-order valence-corrected chi connectivity index (χ4v) is 1.54. The van der Waals surface area contributed by atoms with Crippen LogP contribution in [0, 0.1) is 5.82 Å². The third kappa shape index (κ3) is 2.42. The third-order valence-corrected chi connectivity index (χ3v) is 2.48. The number of aromatic nitrogens is 5. The molecular weight excluding hydrogens is 244 g/mol. The molecule has 0 spiro atoms. The monoisotopic (exact) mass is 252 g/mol. The van der Waals surface area contributed by atoms with Crippen LogP contribution in [0.1, 0.15) is 0 Å². The number of hydrogen-bond donors (Lipinski definition) is 0. The Morgan fingerprint density at radius 2 is 1.42 bits per heavy atom. The van der Waals surface area contributed by atoms with Crippen LogP contribution in [0.5, 0.6) is 0 Å². The van der Waals surface area contributed by atoms with Crippen molar-refractivity contribution < 1.29 is 4.39 Å². The Kier molecular flexibility index (Phi) is 2.89.